The van der Waals surface area contributed by atoms with Gasteiger partial charge in [0.2, 0.25) is 0 Å². The highest BCUT2D eigenvalue weighted by Crippen LogP contribution is 2.43. The van der Waals surface area contributed by atoms with E-state index in [0.717, 1.165) is 38.1 Å². The fourth-order valence-electron chi connectivity index (χ4n) is 4.97. The normalized spacial score (nSPS) is 34.0. The number of nitrogens with one attached hydrogen (secondary N) is 1. The van der Waals surface area contributed by atoms with E-state index in [1.54, 1.807) is 0 Å². The van der Waals surface area contributed by atoms with Crippen molar-refractivity contribution in [2.24, 2.45) is 11.7 Å². The van der Waals surface area contributed by atoms with Crippen LogP contribution < -0.4 is 5.73 Å². The first-order valence-electron chi connectivity index (χ1n) is 9.19. The number of aromatic nitrogens is 2. The predicted octanol–water partition coefficient (Wildman–Crippen LogP) is 2.12. The van der Waals surface area contributed by atoms with Crippen LogP contribution in [0.3, 0.4) is 0 Å². The Bertz CT molecular complexity index is 826. The van der Waals surface area contributed by atoms with Crippen LogP contribution in [0.4, 0.5) is 8.78 Å². The van der Waals surface area contributed by atoms with Crippen LogP contribution in [0.15, 0.2) is 24.4 Å². The van der Waals surface area contributed by atoms with Gasteiger partial charge in [-0.25, -0.2) is 8.78 Å². The van der Waals surface area contributed by atoms with Gasteiger partial charge >= 0.3 is 0 Å². The van der Waals surface area contributed by atoms with Crippen LogP contribution in [0.1, 0.15) is 35.3 Å². The molecule has 2 saturated heterocycles. The number of nitrogens with zero attached hydrogens (tertiary/aromatic N) is 2. The molecule has 0 saturated carbocycles. The molecule has 0 bridgehead atoms. The number of rotatable bonds is 2. The van der Waals surface area contributed by atoms with Crippen molar-refractivity contribution in [3.63, 3.8) is 0 Å². The molecule has 26 heavy (non-hydrogen) atoms. The van der Waals surface area contributed by atoms with Crippen LogP contribution in [0.25, 0.3) is 0 Å². The van der Waals surface area contributed by atoms with Gasteiger partial charge in [-0.2, -0.15) is 5.10 Å². The molecule has 5 nitrogen and oxygen atoms in total. The Balaban J connectivity index is 1.28. The maximum Gasteiger partial charge on any atom is 0.129 e. The summed E-state index contributed by atoms with van der Waals surface area (Å²) in [5.41, 5.74) is 9.08. The number of hydrogen-bond acceptors (Lipinski definition) is 4. The molecule has 3 heterocycles. The molecule has 1 aliphatic carbocycles. The van der Waals surface area contributed by atoms with Crippen molar-refractivity contribution >= 4 is 0 Å². The first kappa shape index (κ1) is 16.4. The summed E-state index contributed by atoms with van der Waals surface area (Å²) in [6.45, 7) is 2.49. The maximum atomic E-state index is 14.1. The molecule has 5 atom stereocenters. The lowest BCUT2D eigenvalue weighted by atomic mass is 9.93. The summed E-state index contributed by atoms with van der Waals surface area (Å²) in [4.78, 5) is 2.45. The summed E-state index contributed by atoms with van der Waals surface area (Å²) in [6, 6.07) is 3.31. The van der Waals surface area contributed by atoms with Crippen molar-refractivity contribution in [2.75, 3.05) is 19.7 Å². The number of halogens is 2. The van der Waals surface area contributed by atoms with Crippen LogP contribution in [-0.4, -0.2) is 46.9 Å². The smallest absolute Gasteiger partial charge is 0.129 e. The Hall–Kier alpha value is -1.83. The second-order valence-electron chi connectivity index (χ2n) is 7.79. The minimum atomic E-state index is -0.593. The Kier molecular flexibility index (Phi) is 3.84. The predicted molar refractivity (Wildman–Crippen MR) is 91.5 cm³/mol. The van der Waals surface area contributed by atoms with Gasteiger partial charge in [-0.1, -0.05) is 0 Å². The molecule has 3 N–H and O–H groups in total. The summed E-state index contributed by atoms with van der Waals surface area (Å²) in [5, 5.41) is 7.30. The molecular weight excluding hydrogens is 338 g/mol. The number of likely N-dealkylation sites (tertiary alicyclic amines) is 1. The number of fused-ring (bicyclic) bond motifs is 3. The van der Waals surface area contributed by atoms with E-state index in [-0.39, 0.29) is 17.6 Å². The zero-order chi connectivity index (χ0) is 17.8. The Labute approximate surface area is 150 Å². The van der Waals surface area contributed by atoms with E-state index in [9.17, 15) is 8.78 Å². The van der Waals surface area contributed by atoms with Gasteiger partial charge in [0, 0.05) is 42.9 Å². The summed E-state index contributed by atoms with van der Waals surface area (Å²) in [7, 11) is 0. The van der Waals surface area contributed by atoms with Crippen molar-refractivity contribution in [3.8, 4) is 0 Å². The van der Waals surface area contributed by atoms with E-state index >= 15 is 0 Å². The molecule has 0 amide bonds. The molecule has 0 radical (unpaired) electrons. The zero-order valence-corrected chi connectivity index (χ0v) is 14.4. The summed E-state index contributed by atoms with van der Waals surface area (Å²) in [5.74, 6) is 0.200. The molecule has 7 heteroatoms. The molecule has 2 fully saturated rings. The largest absolute Gasteiger partial charge is 0.370 e. The molecule has 2 aromatic rings. The Morgan fingerprint density at radius 3 is 2.96 bits per heavy atom. The van der Waals surface area contributed by atoms with Crippen LogP contribution >= 0.6 is 0 Å². The third-order valence-electron chi connectivity index (χ3n) is 6.26. The van der Waals surface area contributed by atoms with Gasteiger partial charge in [0.05, 0.1) is 12.3 Å². The maximum absolute atomic E-state index is 14.1. The molecule has 3 aliphatic rings. The van der Waals surface area contributed by atoms with Crippen molar-refractivity contribution in [1.82, 2.24) is 15.1 Å². The third-order valence-corrected chi connectivity index (χ3v) is 6.26. The van der Waals surface area contributed by atoms with E-state index in [4.69, 9.17) is 10.5 Å². The van der Waals surface area contributed by atoms with Crippen LogP contribution in [-0.2, 0) is 11.2 Å². The average molecular weight is 360 g/mol. The fraction of sp³-hybridized carbons (Fsp3) is 0.526. The number of nitrogens with two attached hydrogens (primary N) is 1. The molecule has 2 aliphatic heterocycles. The first-order chi connectivity index (χ1) is 12.6. The van der Waals surface area contributed by atoms with Crippen molar-refractivity contribution in [1.29, 1.82) is 0 Å². The first-order valence-corrected chi connectivity index (χ1v) is 9.19. The van der Waals surface area contributed by atoms with E-state index in [2.05, 4.69) is 15.1 Å². The van der Waals surface area contributed by atoms with Gasteiger partial charge in [0.25, 0.3) is 0 Å². The van der Waals surface area contributed by atoms with Crippen LogP contribution in [0.5, 0.6) is 0 Å². The molecule has 2 unspecified atom stereocenters. The summed E-state index contributed by atoms with van der Waals surface area (Å²) in [6.07, 6.45) is 3.18. The molecule has 1 aromatic heterocycles. The van der Waals surface area contributed by atoms with E-state index in [0.29, 0.717) is 18.4 Å². The lowest BCUT2D eigenvalue weighted by Crippen LogP contribution is -2.48. The Morgan fingerprint density at radius 2 is 2.12 bits per heavy atom. The fourth-order valence-corrected chi connectivity index (χ4v) is 4.97. The van der Waals surface area contributed by atoms with Crippen LogP contribution in [0, 0.1) is 17.6 Å². The molecule has 138 valence electrons. The minimum absolute atomic E-state index is 0.220. The lowest BCUT2D eigenvalue weighted by molar-refractivity contribution is -0.0479. The minimum Gasteiger partial charge on any atom is -0.370 e. The van der Waals surface area contributed by atoms with E-state index in [1.165, 1.54) is 17.3 Å². The van der Waals surface area contributed by atoms with Crippen molar-refractivity contribution in [2.45, 2.75) is 36.9 Å². The van der Waals surface area contributed by atoms with Gasteiger partial charge in [-0.3, -0.25) is 10.00 Å². The van der Waals surface area contributed by atoms with Crippen LogP contribution in [0.2, 0.25) is 0 Å². The van der Waals surface area contributed by atoms with E-state index < -0.39 is 17.7 Å². The van der Waals surface area contributed by atoms with Gasteiger partial charge < -0.3 is 10.5 Å². The standard InChI is InChI=1S/C19H22F2N4O/c20-11-1-2-16(21)13(4-11)19-17(22)5-12(9-26-19)25-7-10-3-18-14(6-23-24-18)15(10)8-25/h1-2,4,6,10,12,15,17,19H,3,5,7-9,22H2,(H,23,24)/t10?,12-,15?,17+,19-/m1/s1. The Morgan fingerprint density at radius 1 is 1.23 bits per heavy atom. The van der Waals surface area contributed by atoms with Crippen molar-refractivity contribution < 1.29 is 13.5 Å². The van der Waals surface area contributed by atoms with Gasteiger partial charge in [0.1, 0.15) is 17.7 Å². The van der Waals surface area contributed by atoms with Crippen molar-refractivity contribution in [3.05, 3.63) is 52.9 Å². The van der Waals surface area contributed by atoms with Gasteiger partial charge in [-0.15, -0.1) is 0 Å². The molecule has 5 rings (SSSR count). The zero-order valence-electron chi connectivity index (χ0n) is 14.4. The highest BCUT2D eigenvalue weighted by atomic mass is 19.1. The average Bonchev–Trinajstić information content (AvgIpc) is 3.29. The van der Waals surface area contributed by atoms with Gasteiger partial charge in [-0.05, 0) is 42.5 Å². The lowest BCUT2D eigenvalue weighted by Gasteiger charge is -2.39. The number of H-pyrrole nitrogens is 1. The SMILES string of the molecule is N[C@H]1C[C@@H](N2CC3Cc4n[nH]cc4C3C2)CO[C@@H]1c1cc(F)ccc1F. The second kappa shape index (κ2) is 6.11. The summed E-state index contributed by atoms with van der Waals surface area (Å²) >= 11 is 0. The number of benzene rings is 1. The molecular formula is C19H22F2N4O. The molecule has 0 spiro atoms. The van der Waals surface area contributed by atoms with Gasteiger partial charge in [0.15, 0.2) is 0 Å². The molecule has 1 aromatic carbocycles. The monoisotopic (exact) mass is 360 g/mol. The highest BCUT2D eigenvalue weighted by Gasteiger charge is 2.45. The highest BCUT2D eigenvalue weighted by molar-refractivity contribution is 5.31. The second-order valence-corrected chi connectivity index (χ2v) is 7.79. The number of hydrogen-bond donors (Lipinski definition) is 2. The number of aromatic amines is 1. The third kappa shape index (κ3) is 2.57. The van der Waals surface area contributed by atoms with E-state index in [1.807, 2.05) is 6.20 Å². The number of ether oxygens (including phenoxy) is 1. The summed E-state index contributed by atoms with van der Waals surface area (Å²) < 4.78 is 33.5. The quantitative estimate of drug-likeness (QED) is 0.861. The topological polar surface area (TPSA) is 67.2 Å².